The first kappa shape index (κ1) is 13.1. The molecule has 0 saturated heterocycles. The molecule has 90 valence electrons. The fraction of sp³-hybridized carbons (Fsp3) is 0.615. The van der Waals surface area contributed by atoms with Gasteiger partial charge in [0.2, 0.25) is 0 Å². The van der Waals surface area contributed by atoms with Gasteiger partial charge in [-0.05, 0) is 51.5 Å². The molecule has 3 nitrogen and oxygen atoms in total. The van der Waals surface area contributed by atoms with E-state index in [0.29, 0.717) is 0 Å². The first-order chi connectivity index (χ1) is 7.76. The molecule has 3 heteroatoms. The van der Waals surface area contributed by atoms with Crippen LogP contribution in [0.3, 0.4) is 0 Å². The van der Waals surface area contributed by atoms with E-state index in [0.717, 1.165) is 44.0 Å². The first-order valence-corrected chi connectivity index (χ1v) is 6.11. The molecule has 0 spiro atoms. The Morgan fingerprint density at radius 3 is 2.75 bits per heavy atom. The zero-order valence-electron chi connectivity index (χ0n) is 10.4. The Labute approximate surface area is 98.7 Å². The summed E-state index contributed by atoms with van der Waals surface area (Å²) in [6, 6.07) is 6.21. The first-order valence-electron chi connectivity index (χ1n) is 6.11. The van der Waals surface area contributed by atoms with E-state index in [1.807, 2.05) is 13.0 Å². The Kier molecular flexibility index (Phi) is 6.04. The van der Waals surface area contributed by atoms with Crippen LogP contribution in [0.1, 0.15) is 31.2 Å². The lowest BCUT2D eigenvalue weighted by atomic mass is 10.2. The van der Waals surface area contributed by atoms with Gasteiger partial charge in [-0.25, -0.2) is 0 Å². The summed E-state index contributed by atoms with van der Waals surface area (Å²) in [4.78, 5) is 6.94. The molecule has 0 bridgehead atoms. The average Bonchev–Trinajstić information content (AvgIpc) is 2.28. The van der Waals surface area contributed by atoms with Crippen molar-refractivity contribution in [1.82, 2.24) is 9.88 Å². The van der Waals surface area contributed by atoms with Crippen molar-refractivity contribution in [3.8, 4) is 0 Å². The number of nitrogens with zero attached hydrogens (tertiary/aromatic N) is 2. The molecule has 2 N–H and O–H groups in total. The number of rotatable bonds is 7. The van der Waals surface area contributed by atoms with Crippen LogP contribution in [0.2, 0.25) is 0 Å². The van der Waals surface area contributed by atoms with Gasteiger partial charge in [0.05, 0.1) is 5.69 Å². The molecule has 0 aliphatic heterocycles. The molecular weight excluding hydrogens is 198 g/mol. The minimum atomic E-state index is 0.792. The van der Waals surface area contributed by atoms with Crippen molar-refractivity contribution < 1.29 is 0 Å². The van der Waals surface area contributed by atoms with Crippen LogP contribution in [-0.4, -0.2) is 29.5 Å². The molecule has 1 heterocycles. The molecule has 0 saturated carbocycles. The van der Waals surface area contributed by atoms with Gasteiger partial charge in [0.15, 0.2) is 0 Å². The molecule has 16 heavy (non-hydrogen) atoms. The lowest BCUT2D eigenvalue weighted by molar-refractivity contribution is 0.271. The van der Waals surface area contributed by atoms with Crippen LogP contribution in [-0.2, 0) is 6.54 Å². The van der Waals surface area contributed by atoms with Gasteiger partial charge in [0.1, 0.15) is 0 Å². The van der Waals surface area contributed by atoms with E-state index >= 15 is 0 Å². The summed E-state index contributed by atoms with van der Waals surface area (Å²) in [7, 11) is 0. The van der Waals surface area contributed by atoms with E-state index in [1.54, 1.807) is 0 Å². The standard InChI is InChI=1S/C13H23N3/c1-3-16(10-5-4-9-14)11-13-8-6-7-12(2)15-13/h6-8H,3-5,9-11,14H2,1-2H3. The monoisotopic (exact) mass is 221 g/mol. The molecule has 0 fully saturated rings. The Balaban J connectivity index is 2.43. The van der Waals surface area contributed by atoms with Gasteiger partial charge in [-0.1, -0.05) is 13.0 Å². The molecule has 1 aromatic rings. The van der Waals surface area contributed by atoms with Crippen LogP contribution in [0, 0.1) is 6.92 Å². The summed E-state index contributed by atoms with van der Waals surface area (Å²) in [5.74, 6) is 0. The molecule has 0 amide bonds. The van der Waals surface area contributed by atoms with Crippen LogP contribution in [0.25, 0.3) is 0 Å². The predicted octanol–water partition coefficient (Wildman–Crippen LogP) is 1.95. The van der Waals surface area contributed by atoms with E-state index < -0.39 is 0 Å². The molecule has 0 radical (unpaired) electrons. The smallest absolute Gasteiger partial charge is 0.0547 e. The lowest BCUT2D eigenvalue weighted by Crippen LogP contribution is -2.25. The summed E-state index contributed by atoms with van der Waals surface area (Å²) in [6.45, 7) is 8.15. The number of pyridine rings is 1. The van der Waals surface area contributed by atoms with Crippen LogP contribution in [0.5, 0.6) is 0 Å². The Bertz CT molecular complexity index is 299. The topological polar surface area (TPSA) is 42.1 Å². The van der Waals surface area contributed by atoms with E-state index in [-0.39, 0.29) is 0 Å². The fourth-order valence-electron chi connectivity index (χ4n) is 1.75. The van der Waals surface area contributed by atoms with Crippen molar-refractivity contribution in [1.29, 1.82) is 0 Å². The van der Waals surface area contributed by atoms with Gasteiger partial charge in [-0.15, -0.1) is 0 Å². The van der Waals surface area contributed by atoms with E-state index in [1.165, 1.54) is 6.42 Å². The second kappa shape index (κ2) is 7.36. The third-order valence-corrected chi connectivity index (χ3v) is 2.71. The summed E-state index contributed by atoms with van der Waals surface area (Å²) in [5, 5.41) is 0. The van der Waals surface area contributed by atoms with Gasteiger partial charge < -0.3 is 5.73 Å². The number of hydrogen-bond donors (Lipinski definition) is 1. The van der Waals surface area contributed by atoms with Crippen molar-refractivity contribution >= 4 is 0 Å². The number of nitrogens with two attached hydrogens (primary N) is 1. The quantitative estimate of drug-likeness (QED) is 0.716. The molecule has 1 rings (SSSR count). The summed E-state index contributed by atoms with van der Waals surface area (Å²) >= 11 is 0. The molecular formula is C13H23N3. The summed E-state index contributed by atoms with van der Waals surface area (Å²) < 4.78 is 0. The third kappa shape index (κ3) is 4.73. The van der Waals surface area contributed by atoms with Gasteiger partial charge in [-0.2, -0.15) is 0 Å². The Morgan fingerprint density at radius 1 is 1.31 bits per heavy atom. The van der Waals surface area contributed by atoms with E-state index in [9.17, 15) is 0 Å². The van der Waals surface area contributed by atoms with Crippen molar-refractivity contribution in [2.24, 2.45) is 5.73 Å². The molecule has 0 aliphatic rings. The predicted molar refractivity (Wildman–Crippen MR) is 68.2 cm³/mol. The number of aryl methyl sites for hydroxylation is 1. The van der Waals surface area contributed by atoms with Crippen LogP contribution in [0.4, 0.5) is 0 Å². The van der Waals surface area contributed by atoms with Crippen LogP contribution in [0.15, 0.2) is 18.2 Å². The molecule has 0 unspecified atom stereocenters. The van der Waals surface area contributed by atoms with Crippen molar-refractivity contribution in [3.05, 3.63) is 29.6 Å². The minimum Gasteiger partial charge on any atom is -0.330 e. The second-order valence-electron chi connectivity index (χ2n) is 4.13. The largest absolute Gasteiger partial charge is 0.330 e. The van der Waals surface area contributed by atoms with Crippen molar-refractivity contribution in [3.63, 3.8) is 0 Å². The lowest BCUT2D eigenvalue weighted by Gasteiger charge is -2.19. The Hall–Kier alpha value is -0.930. The number of unbranched alkanes of at least 4 members (excludes halogenated alkanes) is 1. The highest BCUT2D eigenvalue weighted by atomic mass is 15.1. The number of hydrogen-bond acceptors (Lipinski definition) is 3. The van der Waals surface area contributed by atoms with Crippen molar-refractivity contribution in [2.75, 3.05) is 19.6 Å². The minimum absolute atomic E-state index is 0.792. The highest BCUT2D eigenvalue weighted by molar-refractivity contribution is 5.09. The highest BCUT2D eigenvalue weighted by Crippen LogP contribution is 2.04. The van der Waals surface area contributed by atoms with Gasteiger partial charge >= 0.3 is 0 Å². The molecule has 1 aromatic heterocycles. The average molecular weight is 221 g/mol. The summed E-state index contributed by atoms with van der Waals surface area (Å²) in [5.41, 5.74) is 7.75. The van der Waals surface area contributed by atoms with Crippen LogP contribution < -0.4 is 5.73 Å². The number of aromatic nitrogens is 1. The van der Waals surface area contributed by atoms with Crippen LogP contribution >= 0.6 is 0 Å². The fourth-order valence-corrected chi connectivity index (χ4v) is 1.75. The SMILES string of the molecule is CCN(CCCCN)Cc1cccc(C)n1. The normalized spacial score (nSPS) is 11.0. The summed E-state index contributed by atoms with van der Waals surface area (Å²) in [6.07, 6.45) is 2.29. The Morgan fingerprint density at radius 2 is 2.12 bits per heavy atom. The third-order valence-electron chi connectivity index (χ3n) is 2.71. The van der Waals surface area contributed by atoms with E-state index in [2.05, 4.69) is 28.9 Å². The molecule has 0 atom stereocenters. The molecule has 0 aromatic carbocycles. The maximum atomic E-state index is 5.50. The second-order valence-corrected chi connectivity index (χ2v) is 4.13. The van der Waals surface area contributed by atoms with Gasteiger partial charge in [-0.3, -0.25) is 9.88 Å². The zero-order chi connectivity index (χ0) is 11.8. The maximum Gasteiger partial charge on any atom is 0.0547 e. The van der Waals surface area contributed by atoms with E-state index in [4.69, 9.17) is 5.73 Å². The maximum absolute atomic E-state index is 5.50. The van der Waals surface area contributed by atoms with Gasteiger partial charge in [0.25, 0.3) is 0 Å². The van der Waals surface area contributed by atoms with Gasteiger partial charge in [0, 0.05) is 12.2 Å². The zero-order valence-corrected chi connectivity index (χ0v) is 10.4. The highest BCUT2D eigenvalue weighted by Gasteiger charge is 2.04. The molecule has 0 aliphatic carbocycles. The van der Waals surface area contributed by atoms with Crippen molar-refractivity contribution in [2.45, 2.75) is 33.2 Å².